The largest absolute Gasteiger partial charge is 0.508 e. The summed E-state index contributed by atoms with van der Waals surface area (Å²) in [6, 6.07) is 8.71. The number of aromatic hydroxyl groups is 1. The number of hydrogen-bond acceptors (Lipinski definition) is 1. The van der Waals surface area contributed by atoms with Gasteiger partial charge >= 0.3 is 0 Å². The maximum Gasteiger partial charge on any atom is 0.115 e. The molecule has 76 valence electrons. The van der Waals surface area contributed by atoms with Gasteiger partial charge in [-0.05, 0) is 18.1 Å². The van der Waals surface area contributed by atoms with E-state index in [0.717, 1.165) is 5.92 Å². The molecule has 0 aromatic heterocycles. The molecular weight excluding hydrogens is 160 g/mol. The van der Waals surface area contributed by atoms with Gasteiger partial charge in [0.25, 0.3) is 0 Å². The van der Waals surface area contributed by atoms with Crippen LogP contribution in [0.5, 0.6) is 5.75 Å². The monoisotopic (exact) mass is 182 g/mol. The molecule has 0 aliphatic carbocycles. The van der Waals surface area contributed by atoms with Crippen LogP contribution in [0.4, 0.5) is 0 Å². The Morgan fingerprint density at radius 1 is 1.15 bits per heavy atom. The molecule has 0 amide bonds. The van der Waals surface area contributed by atoms with E-state index in [1.807, 2.05) is 6.07 Å². The molecule has 1 nitrogen and oxygen atoms in total. The summed E-state index contributed by atoms with van der Waals surface area (Å²) in [7, 11) is 0. The minimum absolute atomic E-state index is 0. The Labute approximate surface area is 82.4 Å². The van der Waals surface area contributed by atoms with Gasteiger partial charge in [-0.2, -0.15) is 0 Å². The number of benzene rings is 1. The van der Waals surface area contributed by atoms with Crippen LogP contribution in [-0.2, 0) is 0 Å². The minimum atomic E-state index is 0. The quantitative estimate of drug-likeness (QED) is 0.693. The zero-order chi connectivity index (χ0) is 9.40. The van der Waals surface area contributed by atoms with Crippen LogP contribution in [0.15, 0.2) is 30.3 Å². The van der Waals surface area contributed by atoms with Crippen LogP contribution < -0.4 is 0 Å². The van der Waals surface area contributed by atoms with E-state index in [-0.39, 0.29) is 7.43 Å². The molecule has 0 saturated carbocycles. The maximum atomic E-state index is 8.63. The molecule has 0 unspecified atom stereocenters. The van der Waals surface area contributed by atoms with Crippen molar-refractivity contribution in [3.8, 4) is 5.75 Å². The second kappa shape index (κ2) is 9.11. The number of hydrogen-bond donors (Lipinski definition) is 1. The van der Waals surface area contributed by atoms with Crippen molar-refractivity contribution in [1.29, 1.82) is 0 Å². The van der Waals surface area contributed by atoms with Gasteiger partial charge in [0, 0.05) is 0 Å². The molecule has 1 aromatic carbocycles. The third-order valence-electron chi connectivity index (χ3n) is 1.57. The van der Waals surface area contributed by atoms with E-state index in [2.05, 4.69) is 20.8 Å². The van der Waals surface area contributed by atoms with Gasteiger partial charge in [-0.3, -0.25) is 0 Å². The molecule has 0 radical (unpaired) electrons. The molecule has 0 saturated heterocycles. The Bertz CT molecular complexity index is 180. The lowest BCUT2D eigenvalue weighted by atomic mass is 10.2. The van der Waals surface area contributed by atoms with Gasteiger partial charge in [-0.25, -0.2) is 0 Å². The Hall–Kier alpha value is -0.980. The molecular formula is C12H22O. The second-order valence-corrected chi connectivity index (χ2v) is 3.14. The van der Waals surface area contributed by atoms with E-state index in [1.54, 1.807) is 24.3 Å². The van der Waals surface area contributed by atoms with Gasteiger partial charge in [0.15, 0.2) is 0 Å². The third-order valence-corrected chi connectivity index (χ3v) is 1.57. The van der Waals surface area contributed by atoms with Gasteiger partial charge in [-0.15, -0.1) is 0 Å². The number of phenolic OH excluding ortho intramolecular Hbond substituents is 1. The molecule has 0 aliphatic heterocycles. The van der Waals surface area contributed by atoms with E-state index < -0.39 is 0 Å². The summed E-state index contributed by atoms with van der Waals surface area (Å²) < 4.78 is 0. The summed E-state index contributed by atoms with van der Waals surface area (Å²) in [4.78, 5) is 0. The van der Waals surface area contributed by atoms with Crippen molar-refractivity contribution in [1.82, 2.24) is 0 Å². The van der Waals surface area contributed by atoms with Crippen LogP contribution in [0.25, 0.3) is 0 Å². The molecule has 0 spiro atoms. The van der Waals surface area contributed by atoms with Crippen molar-refractivity contribution in [2.45, 2.75) is 34.6 Å². The molecule has 13 heavy (non-hydrogen) atoms. The first kappa shape index (κ1) is 14.5. The Morgan fingerprint density at radius 3 is 1.69 bits per heavy atom. The van der Waals surface area contributed by atoms with Gasteiger partial charge < -0.3 is 5.11 Å². The van der Waals surface area contributed by atoms with Crippen molar-refractivity contribution in [3.05, 3.63) is 30.3 Å². The Kier molecular flexibility index (Phi) is 10.2. The fraction of sp³-hybridized carbons (Fsp3) is 0.500. The smallest absolute Gasteiger partial charge is 0.115 e. The SMILES string of the molecule is C.CCC(C)C.Oc1ccccc1. The molecule has 1 aromatic rings. The van der Waals surface area contributed by atoms with Crippen LogP contribution in [0, 0.1) is 5.92 Å². The highest BCUT2D eigenvalue weighted by atomic mass is 16.3. The van der Waals surface area contributed by atoms with Crippen molar-refractivity contribution in [2.24, 2.45) is 5.92 Å². The van der Waals surface area contributed by atoms with Crippen LogP contribution in [0.3, 0.4) is 0 Å². The molecule has 0 atom stereocenters. The number of para-hydroxylation sites is 1. The highest BCUT2D eigenvalue weighted by Gasteiger charge is 1.80. The average molecular weight is 182 g/mol. The average Bonchev–Trinajstić information content (AvgIpc) is 2.07. The first-order chi connectivity index (χ1) is 5.66. The highest BCUT2D eigenvalue weighted by Crippen LogP contribution is 2.02. The van der Waals surface area contributed by atoms with Crippen molar-refractivity contribution in [2.75, 3.05) is 0 Å². The molecule has 0 bridgehead atoms. The summed E-state index contributed by atoms with van der Waals surface area (Å²) in [5.74, 6) is 1.21. The summed E-state index contributed by atoms with van der Waals surface area (Å²) in [6.07, 6.45) is 1.31. The normalized spacial score (nSPS) is 8.31. The summed E-state index contributed by atoms with van der Waals surface area (Å²) in [5, 5.41) is 8.63. The zero-order valence-electron chi connectivity index (χ0n) is 8.12. The fourth-order valence-corrected chi connectivity index (χ4v) is 0.428. The van der Waals surface area contributed by atoms with E-state index in [4.69, 9.17) is 5.11 Å². The van der Waals surface area contributed by atoms with Gasteiger partial charge in [-0.1, -0.05) is 52.8 Å². The predicted octanol–water partition coefficient (Wildman–Crippen LogP) is 4.08. The predicted molar refractivity (Wildman–Crippen MR) is 60.0 cm³/mol. The molecule has 0 heterocycles. The summed E-state index contributed by atoms with van der Waals surface area (Å²) >= 11 is 0. The van der Waals surface area contributed by atoms with Crippen molar-refractivity contribution < 1.29 is 5.11 Å². The van der Waals surface area contributed by atoms with Crippen LogP contribution in [0.1, 0.15) is 34.6 Å². The van der Waals surface area contributed by atoms with Crippen LogP contribution in [0.2, 0.25) is 0 Å². The molecule has 1 heteroatoms. The minimum Gasteiger partial charge on any atom is -0.508 e. The van der Waals surface area contributed by atoms with Crippen molar-refractivity contribution in [3.63, 3.8) is 0 Å². The molecule has 1 N–H and O–H groups in total. The lowest BCUT2D eigenvalue weighted by molar-refractivity contribution is 0.475. The lowest BCUT2D eigenvalue weighted by Gasteiger charge is -1.90. The Morgan fingerprint density at radius 2 is 1.54 bits per heavy atom. The standard InChI is InChI=1S/C6H6O.C5H12.CH4/c7-6-4-2-1-3-5-6;1-4-5(2)3;/h1-5,7H;5H,4H2,1-3H3;1H4. The van der Waals surface area contributed by atoms with Crippen molar-refractivity contribution >= 4 is 0 Å². The van der Waals surface area contributed by atoms with E-state index in [1.165, 1.54) is 6.42 Å². The number of phenols is 1. The third kappa shape index (κ3) is 11.0. The summed E-state index contributed by atoms with van der Waals surface area (Å²) in [6.45, 7) is 6.64. The van der Waals surface area contributed by atoms with Gasteiger partial charge in [0.05, 0.1) is 0 Å². The zero-order valence-corrected chi connectivity index (χ0v) is 8.12. The van der Waals surface area contributed by atoms with Gasteiger partial charge in [0.2, 0.25) is 0 Å². The number of rotatable bonds is 1. The maximum absolute atomic E-state index is 8.63. The van der Waals surface area contributed by atoms with Crippen LogP contribution >= 0.6 is 0 Å². The first-order valence-electron chi connectivity index (χ1n) is 4.40. The molecule has 0 fully saturated rings. The topological polar surface area (TPSA) is 20.2 Å². The lowest BCUT2D eigenvalue weighted by Crippen LogP contribution is -1.77. The Balaban J connectivity index is 0. The summed E-state index contributed by atoms with van der Waals surface area (Å²) in [5.41, 5.74) is 0. The van der Waals surface area contributed by atoms with Crippen LogP contribution in [-0.4, -0.2) is 5.11 Å². The van der Waals surface area contributed by atoms with E-state index in [0.29, 0.717) is 5.75 Å². The first-order valence-corrected chi connectivity index (χ1v) is 4.40. The van der Waals surface area contributed by atoms with Gasteiger partial charge in [0.1, 0.15) is 5.75 Å². The molecule has 0 aliphatic rings. The van der Waals surface area contributed by atoms with E-state index >= 15 is 0 Å². The molecule has 1 rings (SSSR count). The highest BCUT2D eigenvalue weighted by molar-refractivity contribution is 5.18. The second-order valence-electron chi connectivity index (χ2n) is 3.14. The van der Waals surface area contributed by atoms with E-state index in [9.17, 15) is 0 Å². The fourth-order valence-electron chi connectivity index (χ4n) is 0.428.